The first-order valence-electron chi connectivity index (χ1n) is 3.56. The van der Waals surface area contributed by atoms with Gasteiger partial charge in [0.1, 0.15) is 0 Å². The SMILES string of the molecule is CCOC(=O)C1CC(C)O1. The molecule has 1 rings (SSSR count). The van der Waals surface area contributed by atoms with Crippen LogP contribution in [-0.4, -0.2) is 24.8 Å². The average molecular weight is 144 g/mol. The van der Waals surface area contributed by atoms with E-state index in [0.717, 1.165) is 6.42 Å². The molecule has 1 aliphatic heterocycles. The molecule has 3 heteroatoms. The standard InChI is InChI=1S/C7H12O3/c1-3-9-7(8)6-4-5(2)10-6/h5-6H,3-4H2,1-2H3. The van der Waals surface area contributed by atoms with Crippen LogP contribution in [0, 0.1) is 0 Å². The van der Waals surface area contributed by atoms with Gasteiger partial charge in [-0.15, -0.1) is 0 Å². The van der Waals surface area contributed by atoms with Gasteiger partial charge in [0, 0.05) is 6.42 Å². The van der Waals surface area contributed by atoms with Crippen molar-refractivity contribution >= 4 is 5.97 Å². The Morgan fingerprint density at radius 3 is 2.80 bits per heavy atom. The molecule has 0 amide bonds. The molecule has 0 aliphatic carbocycles. The Labute approximate surface area is 60.3 Å². The third-order valence-corrected chi connectivity index (χ3v) is 1.49. The van der Waals surface area contributed by atoms with Crippen LogP contribution in [0.25, 0.3) is 0 Å². The molecule has 0 saturated carbocycles. The first-order valence-corrected chi connectivity index (χ1v) is 3.56. The van der Waals surface area contributed by atoms with Crippen molar-refractivity contribution in [2.24, 2.45) is 0 Å². The Balaban J connectivity index is 2.18. The molecule has 3 nitrogen and oxygen atoms in total. The fraction of sp³-hybridized carbons (Fsp3) is 0.857. The zero-order chi connectivity index (χ0) is 7.56. The lowest BCUT2D eigenvalue weighted by atomic mass is 10.1. The van der Waals surface area contributed by atoms with Crippen molar-refractivity contribution in [2.45, 2.75) is 32.5 Å². The molecule has 0 spiro atoms. The number of carbonyl (C=O) groups excluding carboxylic acids is 1. The molecule has 2 atom stereocenters. The van der Waals surface area contributed by atoms with Crippen LogP contribution >= 0.6 is 0 Å². The predicted molar refractivity (Wildman–Crippen MR) is 35.6 cm³/mol. The minimum absolute atomic E-state index is 0.222. The predicted octanol–water partition coefficient (Wildman–Crippen LogP) is 0.727. The van der Waals surface area contributed by atoms with Crippen LogP contribution in [0.1, 0.15) is 20.3 Å². The molecule has 1 saturated heterocycles. The summed E-state index contributed by atoms with van der Waals surface area (Å²) in [5, 5.41) is 0. The lowest BCUT2D eigenvalue weighted by molar-refractivity contribution is -0.181. The maximum Gasteiger partial charge on any atom is 0.335 e. The molecule has 0 bridgehead atoms. The molecule has 1 fully saturated rings. The van der Waals surface area contributed by atoms with Gasteiger partial charge in [-0.2, -0.15) is 0 Å². The van der Waals surface area contributed by atoms with Gasteiger partial charge >= 0.3 is 5.97 Å². The Morgan fingerprint density at radius 2 is 2.40 bits per heavy atom. The Hall–Kier alpha value is -0.570. The molecule has 0 aromatic rings. The zero-order valence-electron chi connectivity index (χ0n) is 6.29. The summed E-state index contributed by atoms with van der Waals surface area (Å²) < 4.78 is 9.81. The number of hydrogen-bond acceptors (Lipinski definition) is 3. The fourth-order valence-electron chi connectivity index (χ4n) is 0.958. The van der Waals surface area contributed by atoms with E-state index in [1.165, 1.54) is 0 Å². The Morgan fingerprint density at radius 1 is 1.80 bits per heavy atom. The molecule has 0 radical (unpaired) electrons. The van der Waals surface area contributed by atoms with Crippen molar-refractivity contribution in [1.29, 1.82) is 0 Å². The topological polar surface area (TPSA) is 35.5 Å². The summed E-state index contributed by atoms with van der Waals surface area (Å²) in [4.78, 5) is 10.8. The van der Waals surface area contributed by atoms with Crippen LogP contribution < -0.4 is 0 Å². The van der Waals surface area contributed by atoms with E-state index in [-0.39, 0.29) is 18.2 Å². The van der Waals surface area contributed by atoms with Crippen LogP contribution in [0.4, 0.5) is 0 Å². The zero-order valence-corrected chi connectivity index (χ0v) is 6.29. The number of rotatable bonds is 2. The Bertz CT molecular complexity index is 127. The number of hydrogen-bond donors (Lipinski definition) is 0. The highest BCUT2D eigenvalue weighted by Crippen LogP contribution is 2.20. The highest BCUT2D eigenvalue weighted by atomic mass is 16.6. The molecular formula is C7H12O3. The Kier molecular flexibility index (Phi) is 2.27. The van der Waals surface area contributed by atoms with Crippen molar-refractivity contribution in [1.82, 2.24) is 0 Å². The molecule has 1 heterocycles. The molecule has 0 aromatic carbocycles. The first kappa shape index (κ1) is 7.54. The van der Waals surface area contributed by atoms with Gasteiger partial charge in [0.25, 0.3) is 0 Å². The van der Waals surface area contributed by atoms with E-state index in [0.29, 0.717) is 6.61 Å². The maximum absolute atomic E-state index is 10.8. The van der Waals surface area contributed by atoms with Crippen molar-refractivity contribution in [2.75, 3.05) is 6.61 Å². The monoisotopic (exact) mass is 144 g/mol. The molecular weight excluding hydrogens is 132 g/mol. The summed E-state index contributed by atoms with van der Waals surface area (Å²) in [7, 11) is 0. The second-order valence-corrected chi connectivity index (χ2v) is 2.42. The van der Waals surface area contributed by atoms with Crippen molar-refractivity contribution in [3.8, 4) is 0 Å². The van der Waals surface area contributed by atoms with E-state index >= 15 is 0 Å². The first-order chi connectivity index (χ1) is 4.74. The van der Waals surface area contributed by atoms with Gasteiger partial charge in [0.2, 0.25) is 0 Å². The van der Waals surface area contributed by atoms with Crippen LogP contribution in [0.15, 0.2) is 0 Å². The van der Waals surface area contributed by atoms with Crippen LogP contribution in [0.2, 0.25) is 0 Å². The van der Waals surface area contributed by atoms with E-state index in [4.69, 9.17) is 9.47 Å². The summed E-state index contributed by atoms with van der Waals surface area (Å²) in [5.74, 6) is -0.222. The van der Waals surface area contributed by atoms with Crippen molar-refractivity contribution < 1.29 is 14.3 Å². The number of carbonyl (C=O) groups is 1. The van der Waals surface area contributed by atoms with Crippen LogP contribution in [0.3, 0.4) is 0 Å². The fourth-order valence-corrected chi connectivity index (χ4v) is 0.958. The van der Waals surface area contributed by atoms with Gasteiger partial charge in [-0.05, 0) is 13.8 Å². The number of esters is 1. The van der Waals surface area contributed by atoms with E-state index < -0.39 is 0 Å². The summed E-state index contributed by atoms with van der Waals surface area (Å²) >= 11 is 0. The smallest absolute Gasteiger partial charge is 0.335 e. The molecule has 10 heavy (non-hydrogen) atoms. The molecule has 58 valence electrons. The van der Waals surface area contributed by atoms with Gasteiger partial charge in [-0.3, -0.25) is 0 Å². The molecule has 2 unspecified atom stereocenters. The highest BCUT2D eigenvalue weighted by molar-refractivity contribution is 5.75. The third-order valence-electron chi connectivity index (χ3n) is 1.49. The van der Waals surface area contributed by atoms with Crippen molar-refractivity contribution in [3.63, 3.8) is 0 Å². The quantitative estimate of drug-likeness (QED) is 0.536. The van der Waals surface area contributed by atoms with E-state index in [1.54, 1.807) is 6.92 Å². The largest absolute Gasteiger partial charge is 0.464 e. The maximum atomic E-state index is 10.8. The minimum Gasteiger partial charge on any atom is -0.464 e. The van der Waals surface area contributed by atoms with Crippen LogP contribution in [-0.2, 0) is 14.3 Å². The minimum atomic E-state index is -0.282. The van der Waals surface area contributed by atoms with E-state index in [2.05, 4.69) is 0 Å². The van der Waals surface area contributed by atoms with E-state index in [9.17, 15) is 4.79 Å². The highest BCUT2D eigenvalue weighted by Gasteiger charge is 2.33. The third kappa shape index (κ3) is 1.48. The lowest BCUT2D eigenvalue weighted by Gasteiger charge is -2.31. The molecule has 1 aliphatic rings. The summed E-state index contributed by atoms with van der Waals surface area (Å²) in [6, 6.07) is 0. The molecule has 0 N–H and O–H groups in total. The second kappa shape index (κ2) is 3.01. The van der Waals surface area contributed by atoms with Gasteiger partial charge in [-0.1, -0.05) is 0 Å². The summed E-state index contributed by atoms with van der Waals surface area (Å²) in [6.45, 7) is 4.17. The van der Waals surface area contributed by atoms with E-state index in [1.807, 2.05) is 6.92 Å². The second-order valence-electron chi connectivity index (χ2n) is 2.42. The van der Waals surface area contributed by atoms with Crippen molar-refractivity contribution in [3.05, 3.63) is 0 Å². The normalized spacial score (nSPS) is 31.0. The van der Waals surface area contributed by atoms with Crippen LogP contribution in [0.5, 0.6) is 0 Å². The number of ether oxygens (including phenoxy) is 2. The summed E-state index contributed by atoms with van der Waals surface area (Å²) in [6.07, 6.45) is 0.753. The van der Waals surface area contributed by atoms with Gasteiger partial charge in [0.05, 0.1) is 12.7 Å². The average Bonchev–Trinajstić information content (AvgIpc) is 1.82. The summed E-state index contributed by atoms with van der Waals surface area (Å²) in [5.41, 5.74) is 0. The van der Waals surface area contributed by atoms with Gasteiger partial charge in [-0.25, -0.2) is 4.79 Å². The molecule has 0 aromatic heterocycles. The lowest BCUT2D eigenvalue weighted by Crippen LogP contribution is -2.42. The van der Waals surface area contributed by atoms with Gasteiger partial charge < -0.3 is 9.47 Å². The van der Waals surface area contributed by atoms with Gasteiger partial charge in [0.15, 0.2) is 6.10 Å².